The smallest absolute Gasteiger partial charge is 0.320 e. The maximum Gasteiger partial charge on any atom is 0.320 e. The first-order chi connectivity index (χ1) is 9.56. The molecule has 20 heavy (non-hydrogen) atoms. The third-order valence-electron chi connectivity index (χ3n) is 3.47. The van der Waals surface area contributed by atoms with Crippen LogP contribution in [-0.4, -0.2) is 52.0 Å². The molecule has 0 spiro atoms. The van der Waals surface area contributed by atoms with E-state index < -0.39 is 5.97 Å². The van der Waals surface area contributed by atoms with E-state index in [1.165, 1.54) is 0 Å². The molecular weight excluding hydrogens is 258 g/mol. The highest BCUT2D eigenvalue weighted by atomic mass is 16.4. The molecule has 2 rings (SSSR count). The SMILES string of the molecule is CN(Cc1ccccn1)C(=O)N1CCC(CC(=O)O)C1. The van der Waals surface area contributed by atoms with Gasteiger partial charge in [-0.2, -0.15) is 0 Å². The zero-order valence-electron chi connectivity index (χ0n) is 11.5. The average Bonchev–Trinajstić information content (AvgIpc) is 2.86. The molecule has 0 aromatic carbocycles. The van der Waals surface area contributed by atoms with E-state index in [1.54, 1.807) is 23.0 Å². The molecule has 0 radical (unpaired) electrons. The standard InChI is InChI=1S/C14H19N3O3/c1-16(10-12-4-2-3-6-15-12)14(20)17-7-5-11(9-17)8-13(18)19/h2-4,6,11H,5,7-10H2,1H3,(H,18,19). The van der Waals surface area contributed by atoms with Crippen LogP contribution in [0.1, 0.15) is 18.5 Å². The summed E-state index contributed by atoms with van der Waals surface area (Å²) in [6.07, 6.45) is 2.59. The molecule has 1 N–H and O–H groups in total. The number of carbonyl (C=O) groups is 2. The summed E-state index contributed by atoms with van der Waals surface area (Å²) in [5, 5.41) is 8.78. The van der Waals surface area contributed by atoms with E-state index in [0.29, 0.717) is 19.6 Å². The fourth-order valence-electron chi connectivity index (χ4n) is 2.46. The van der Waals surface area contributed by atoms with Gasteiger partial charge in [0.25, 0.3) is 0 Å². The highest BCUT2D eigenvalue weighted by Gasteiger charge is 2.29. The van der Waals surface area contributed by atoms with Crippen LogP contribution < -0.4 is 0 Å². The zero-order chi connectivity index (χ0) is 14.5. The van der Waals surface area contributed by atoms with Crippen LogP contribution in [-0.2, 0) is 11.3 Å². The summed E-state index contributed by atoms with van der Waals surface area (Å²) in [7, 11) is 1.74. The Balaban J connectivity index is 1.87. The Morgan fingerprint density at radius 1 is 1.50 bits per heavy atom. The van der Waals surface area contributed by atoms with Crippen molar-refractivity contribution in [2.75, 3.05) is 20.1 Å². The molecule has 1 unspecified atom stereocenters. The number of pyridine rings is 1. The normalized spacial score (nSPS) is 18.1. The Morgan fingerprint density at radius 3 is 2.95 bits per heavy atom. The lowest BCUT2D eigenvalue weighted by atomic mass is 10.1. The van der Waals surface area contributed by atoms with Gasteiger partial charge in [-0.3, -0.25) is 9.78 Å². The number of nitrogens with zero attached hydrogens (tertiary/aromatic N) is 3. The molecule has 6 heteroatoms. The first-order valence-electron chi connectivity index (χ1n) is 6.68. The molecule has 2 amide bonds. The summed E-state index contributed by atoms with van der Waals surface area (Å²) in [6.45, 7) is 1.61. The summed E-state index contributed by atoms with van der Waals surface area (Å²) < 4.78 is 0. The van der Waals surface area contributed by atoms with E-state index >= 15 is 0 Å². The van der Waals surface area contributed by atoms with Gasteiger partial charge in [-0.05, 0) is 24.5 Å². The summed E-state index contributed by atoms with van der Waals surface area (Å²) in [5.74, 6) is -0.731. The number of likely N-dealkylation sites (tertiary alicyclic amines) is 1. The van der Waals surface area contributed by atoms with Crippen molar-refractivity contribution >= 4 is 12.0 Å². The molecule has 2 heterocycles. The van der Waals surface area contributed by atoms with Crippen molar-refractivity contribution in [1.82, 2.24) is 14.8 Å². The molecule has 1 aliphatic rings. The van der Waals surface area contributed by atoms with Gasteiger partial charge in [0.1, 0.15) is 0 Å². The van der Waals surface area contributed by atoms with E-state index in [0.717, 1.165) is 12.1 Å². The topological polar surface area (TPSA) is 73.7 Å². The first kappa shape index (κ1) is 14.3. The Kier molecular flexibility index (Phi) is 4.55. The van der Waals surface area contributed by atoms with Gasteiger partial charge in [-0.15, -0.1) is 0 Å². The Bertz CT molecular complexity index is 478. The maximum absolute atomic E-state index is 12.3. The van der Waals surface area contributed by atoms with E-state index in [2.05, 4.69) is 4.98 Å². The fraction of sp³-hybridized carbons (Fsp3) is 0.500. The molecule has 1 aliphatic heterocycles. The third-order valence-corrected chi connectivity index (χ3v) is 3.47. The Morgan fingerprint density at radius 2 is 2.30 bits per heavy atom. The lowest BCUT2D eigenvalue weighted by Crippen LogP contribution is -2.39. The lowest BCUT2D eigenvalue weighted by Gasteiger charge is -2.24. The van der Waals surface area contributed by atoms with Crippen LogP contribution in [0.5, 0.6) is 0 Å². The van der Waals surface area contributed by atoms with Gasteiger partial charge in [0.2, 0.25) is 0 Å². The third kappa shape index (κ3) is 3.69. The number of carbonyl (C=O) groups excluding carboxylic acids is 1. The quantitative estimate of drug-likeness (QED) is 0.903. The second kappa shape index (κ2) is 6.36. The van der Waals surface area contributed by atoms with Crippen molar-refractivity contribution in [3.8, 4) is 0 Å². The molecule has 1 fully saturated rings. The monoisotopic (exact) mass is 277 g/mol. The summed E-state index contributed by atoms with van der Waals surface area (Å²) in [6, 6.07) is 5.53. The van der Waals surface area contributed by atoms with E-state index in [-0.39, 0.29) is 18.4 Å². The molecule has 0 bridgehead atoms. The minimum Gasteiger partial charge on any atom is -0.481 e. The Labute approximate surface area is 118 Å². The predicted octanol–water partition coefficient (Wildman–Crippen LogP) is 1.43. The maximum atomic E-state index is 12.3. The van der Waals surface area contributed by atoms with Crippen molar-refractivity contribution in [3.05, 3.63) is 30.1 Å². The summed E-state index contributed by atoms with van der Waals surface area (Å²) >= 11 is 0. The van der Waals surface area contributed by atoms with Crippen LogP contribution in [0.2, 0.25) is 0 Å². The van der Waals surface area contributed by atoms with Gasteiger partial charge in [0.05, 0.1) is 12.2 Å². The number of urea groups is 1. The number of amides is 2. The van der Waals surface area contributed by atoms with E-state index in [4.69, 9.17) is 5.11 Å². The van der Waals surface area contributed by atoms with E-state index in [1.807, 2.05) is 18.2 Å². The number of hydrogen-bond donors (Lipinski definition) is 1. The number of carboxylic acids is 1. The van der Waals surface area contributed by atoms with Crippen LogP contribution in [0.15, 0.2) is 24.4 Å². The van der Waals surface area contributed by atoms with Crippen LogP contribution in [0.3, 0.4) is 0 Å². The van der Waals surface area contributed by atoms with Crippen molar-refractivity contribution in [2.24, 2.45) is 5.92 Å². The van der Waals surface area contributed by atoms with Crippen molar-refractivity contribution in [3.63, 3.8) is 0 Å². The van der Waals surface area contributed by atoms with Crippen LogP contribution >= 0.6 is 0 Å². The van der Waals surface area contributed by atoms with Crippen molar-refractivity contribution in [1.29, 1.82) is 0 Å². The Hall–Kier alpha value is -2.11. The van der Waals surface area contributed by atoms with Gasteiger partial charge in [0, 0.05) is 32.8 Å². The lowest BCUT2D eigenvalue weighted by molar-refractivity contribution is -0.138. The molecule has 0 aliphatic carbocycles. The molecule has 1 aromatic heterocycles. The second-order valence-corrected chi connectivity index (χ2v) is 5.16. The number of rotatable bonds is 4. The van der Waals surface area contributed by atoms with Gasteiger partial charge in [-0.1, -0.05) is 6.07 Å². The average molecular weight is 277 g/mol. The van der Waals surface area contributed by atoms with Crippen LogP contribution in [0, 0.1) is 5.92 Å². The van der Waals surface area contributed by atoms with E-state index in [9.17, 15) is 9.59 Å². The first-order valence-corrected chi connectivity index (χ1v) is 6.68. The zero-order valence-corrected chi connectivity index (χ0v) is 11.5. The largest absolute Gasteiger partial charge is 0.481 e. The molecule has 1 aromatic rings. The van der Waals surface area contributed by atoms with Gasteiger partial charge in [-0.25, -0.2) is 4.79 Å². The summed E-state index contributed by atoms with van der Waals surface area (Å²) in [4.78, 5) is 30.5. The highest BCUT2D eigenvalue weighted by molar-refractivity contribution is 5.74. The molecule has 6 nitrogen and oxygen atoms in total. The highest BCUT2D eigenvalue weighted by Crippen LogP contribution is 2.20. The molecule has 108 valence electrons. The van der Waals surface area contributed by atoms with Gasteiger partial charge in [0.15, 0.2) is 0 Å². The molecule has 1 saturated heterocycles. The number of aliphatic carboxylic acids is 1. The van der Waals surface area contributed by atoms with Gasteiger partial charge < -0.3 is 14.9 Å². The van der Waals surface area contributed by atoms with Gasteiger partial charge >= 0.3 is 12.0 Å². The number of carboxylic acid groups (broad SMARTS) is 1. The summed E-state index contributed by atoms with van der Waals surface area (Å²) in [5.41, 5.74) is 0.838. The van der Waals surface area contributed by atoms with Crippen molar-refractivity contribution < 1.29 is 14.7 Å². The minimum atomic E-state index is -0.800. The van der Waals surface area contributed by atoms with Crippen LogP contribution in [0.25, 0.3) is 0 Å². The second-order valence-electron chi connectivity index (χ2n) is 5.16. The molecule has 1 atom stereocenters. The van der Waals surface area contributed by atoms with Crippen LogP contribution in [0.4, 0.5) is 4.79 Å². The predicted molar refractivity (Wildman–Crippen MR) is 73.0 cm³/mol. The van der Waals surface area contributed by atoms with Crippen molar-refractivity contribution in [2.45, 2.75) is 19.4 Å². The number of aromatic nitrogens is 1. The fourth-order valence-corrected chi connectivity index (χ4v) is 2.46. The molecule has 0 saturated carbocycles. The molecular formula is C14H19N3O3. The number of hydrogen-bond acceptors (Lipinski definition) is 3. The minimum absolute atomic E-state index is 0.0662.